The summed E-state index contributed by atoms with van der Waals surface area (Å²) in [6, 6.07) is 3.04. The summed E-state index contributed by atoms with van der Waals surface area (Å²) in [6.07, 6.45) is 17.8. The Balaban J connectivity index is 3.02. The number of ether oxygens (including phenoxy) is 4. The van der Waals surface area contributed by atoms with Crippen LogP contribution in [-0.2, 0) is 25.5 Å². The van der Waals surface area contributed by atoms with E-state index in [9.17, 15) is 19.2 Å². The second kappa shape index (κ2) is 26.1. The van der Waals surface area contributed by atoms with Gasteiger partial charge in [-0.25, -0.2) is 19.2 Å². The summed E-state index contributed by atoms with van der Waals surface area (Å²) in [5.74, 6) is -2.00. The largest absolute Gasteiger partial charge is 0.445 e. The molecule has 1 aromatic rings. The molecular weight excluding hydrogens is 624 g/mol. The molecule has 0 bridgehead atoms. The number of hydrogen-bond acceptors (Lipinski definition) is 8. The van der Waals surface area contributed by atoms with Gasteiger partial charge in [-0.1, -0.05) is 149 Å². The van der Waals surface area contributed by atoms with Crippen LogP contribution in [0.3, 0.4) is 0 Å². The number of para-hydroxylation sites is 1. The van der Waals surface area contributed by atoms with Crippen LogP contribution < -0.4 is 20.1 Å². The molecule has 2 atom stereocenters. The number of alkyl carbamates (subject to hydrolysis) is 2. The molecule has 276 valence electrons. The number of esters is 2. The van der Waals surface area contributed by atoms with Gasteiger partial charge in [0.15, 0.2) is 11.5 Å². The normalized spacial score (nSPS) is 12.1. The Morgan fingerprint density at radius 2 is 1.08 bits per heavy atom. The lowest BCUT2D eigenvalue weighted by Gasteiger charge is -2.23. The average molecular weight is 687 g/mol. The van der Waals surface area contributed by atoms with Gasteiger partial charge in [-0.15, -0.1) is 0 Å². The van der Waals surface area contributed by atoms with Crippen molar-refractivity contribution in [2.24, 2.45) is 11.8 Å². The number of rotatable bonds is 26. The number of benzene rings is 1. The zero-order chi connectivity index (χ0) is 36.4. The molecule has 2 amide bonds. The van der Waals surface area contributed by atoms with E-state index in [1.807, 2.05) is 6.07 Å². The summed E-state index contributed by atoms with van der Waals surface area (Å²) in [4.78, 5) is 51.4. The molecule has 49 heavy (non-hydrogen) atoms. The fraction of sp³-hybridized carbons (Fsp3) is 0.641. The van der Waals surface area contributed by atoms with Crippen LogP contribution >= 0.6 is 0 Å². The molecule has 0 fully saturated rings. The van der Waals surface area contributed by atoms with E-state index < -0.39 is 36.2 Å². The summed E-state index contributed by atoms with van der Waals surface area (Å²) in [5.41, 5.74) is 0.693. The summed E-state index contributed by atoms with van der Waals surface area (Å²) < 4.78 is 21.7. The highest BCUT2D eigenvalue weighted by Crippen LogP contribution is 2.34. The van der Waals surface area contributed by atoms with Crippen molar-refractivity contribution in [2.75, 3.05) is 13.2 Å². The molecule has 1 rings (SSSR count). The maximum atomic E-state index is 13.5. The topological polar surface area (TPSA) is 129 Å². The lowest BCUT2D eigenvalue weighted by atomic mass is 10.0. The van der Waals surface area contributed by atoms with Crippen molar-refractivity contribution in [1.82, 2.24) is 10.6 Å². The Morgan fingerprint density at radius 1 is 0.653 bits per heavy atom. The van der Waals surface area contributed by atoms with E-state index in [1.165, 1.54) is 82.4 Å². The van der Waals surface area contributed by atoms with Crippen molar-refractivity contribution in [1.29, 1.82) is 0 Å². The van der Waals surface area contributed by atoms with Gasteiger partial charge in [0, 0.05) is 0 Å². The number of hydrogen-bond donors (Lipinski definition) is 2. The van der Waals surface area contributed by atoms with Crippen molar-refractivity contribution >= 4 is 24.1 Å². The van der Waals surface area contributed by atoms with Crippen molar-refractivity contribution in [3.8, 4) is 11.5 Å². The third-order valence-corrected chi connectivity index (χ3v) is 8.08. The Hall–Kier alpha value is -3.82. The summed E-state index contributed by atoms with van der Waals surface area (Å²) in [5, 5.41) is 5.10. The van der Waals surface area contributed by atoms with Gasteiger partial charge in [-0.3, -0.25) is 0 Å². The summed E-state index contributed by atoms with van der Waals surface area (Å²) >= 11 is 0. The first-order valence-corrected chi connectivity index (χ1v) is 18.2. The quantitative estimate of drug-likeness (QED) is 0.0428. The number of unbranched alkanes of at least 4 members (excludes halogenated alkanes) is 12. The lowest BCUT2D eigenvalue weighted by molar-refractivity contribution is -0.140. The van der Waals surface area contributed by atoms with Gasteiger partial charge in [0.1, 0.15) is 25.3 Å². The molecule has 2 N–H and O–H groups in total. The molecule has 0 unspecified atom stereocenters. The molecule has 0 spiro atoms. The van der Waals surface area contributed by atoms with Gasteiger partial charge in [0.2, 0.25) is 0 Å². The Labute approximate surface area is 294 Å². The van der Waals surface area contributed by atoms with Crippen molar-refractivity contribution in [3.05, 3.63) is 49.1 Å². The molecule has 0 aromatic heterocycles. The Morgan fingerprint density at radius 3 is 1.51 bits per heavy atom. The number of carbonyl (C=O) groups excluding carboxylic acids is 4. The van der Waals surface area contributed by atoms with E-state index in [-0.39, 0.29) is 36.5 Å². The average Bonchev–Trinajstić information content (AvgIpc) is 3.06. The third-order valence-electron chi connectivity index (χ3n) is 8.08. The van der Waals surface area contributed by atoms with E-state index >= 15 is 0 Å². The number of aryl methyl sites for hydroxylation is 1. The minimum atomic E-state index is -1.03. The van der Waals surface area contributed by atoms with Crippen LogP contribution in [0.2, 0.25) is 0 Å². The van der Waals surface area contributed by atoms with E-state index in [0.717, 1.165) is 19.3 Å². The first-order valence-electron chi connectivity index (χ1n) is 18.2. The van der Waals surface area contributed by atoms with Crippen molar-refractivity contribution in [3.63, 3.8) is 0 Å². The van der Waals surface area contributed by atoms with Crippen LogP contribution in [-0.4, -0.2) is 49.4 Å². The number of amides is 2. The smallest absolute Gasteiger partial charge is 0.408 e. The monoisotopic (exact) mass is 686 g/mol. The first-order chi connectivity index (χ1) is 23.5. The fourth-order valence-electron chi connectivity index (χ4n) is 5.23. The predicted molar refractivity (Wildman–Crippen MR) is 194 cm³/mol. The van der Waals surface area contributed by atoms with Crippen LogP contribution in [0.1, 0.15) is 124 Å². The number of carbonyl (C=O) groups is 4. The zero-order valence-corrected chi connectivity index (χ0v) is 30.7. The van der Waals surface area contributed by atoms with Crippen LogP contribution in [0.5, 0.6) is 11.5 Å². The van der Waals surface area contributed by atoms with E-state index in [2.05, 4.69) is 30.7 Å². The van der Waals surface area contributed by atoms with Gasteiger partial charge in [0.25, 0.3) is 0 Å². The number of nitrogens with one attached hydrogen (secondary N) is 2. The third kappa shape index (κ3) is 18.5. The molecule has 0 saturated heterocycles. The van der Waals surface area contributed by atoms with Gasteiger partial charge in [0.05, 0.1) is 0 Å². The molecule has 0 heterocycles. The molecule has 0 aliphatic rings. The van der Waals surface area contributed by atoms with Gasteiger partial charge in [-0.2, -0.15) is 0 Å². The van der Waals surface area contributed by atoms with Crippen molar-refractivity contribution < 1.29 is 38.1 Å². The van der Waals surface area contributed by atoms with E-state index in [0.29, 0.717) is 12.0 Å². The molecular formula is C39H62N2O8. The van der Waals surface area contributed by atoms with E-state index in [1.54, 1.807) is 33.8 Å². The minimum Gasteiger partial charge on any atom is -0.445 e. The minimum absolute atomic E-state index is 0.0139. The molecule has 0 aliphatic carbocycles. The highest BCUT2D eigenvalue weighted by atomic mass is 16.6. The fourth-order valence-corrected chi connectivity index (χ4v) is 5.23. The van der Waals surface area contributed by atoms with Crippen LogP contribution in [0, 0.1) is 11.8 Å². The highest BCUT2D eigenvalue weighted by Gasteiger charge is 2.31. The zero-order valence-electron chi connectivity index (χ0n) is 30.7. The van der Waals surface area contributed by atoms with Crippen LogP contribution in [0.25, 0.3) is 0 Å². The second-order valence-electron chi connectivity index (χ2n) is 13.1. The van der Waals surface area contributed by atoms with Crippen LogP contribution in [0.4, 0.5) is 9.59 Å². The van der Waals surface area contributed by atoms with Gasteiger partial charge >= 0.3 is 24.1 Å². The molecule has 10 nitrogen and oxygen atoms in total. The SMILES string of the molecule is C=CCOC(=O)N[C@H](C(=O)Oc1cccc(CCCCCCCCCCCCCCC)c1OC(=O)[C@@H](NC(=O)OCC=C)C(C)C)C(C)C. The summed E-state index contributed by atoms with van der Waals surface area (Å²) in [7, 11) is 0. The Bertz CT molecular complexity index is 1150. The van der Waals surface area contributed by atoms with Gasteiger partial charge in [-0.05, 0) is 36.3 Å². The van der Waals surface area contributed by atoms with E-state index in [4.69, 9.17) is 18.9 Å². The maximum Gasteiger partial charge on any atom is 0.408 e. The first kappa shape index (κ1) is 43.2. The molecule has 0 saturated carbocycles. The standard InChI is InChI=1S/C39H62N2O8/c1-8-11-12-13-14-15-16-17-18-19-20-21-22-24-31-25-23-26-32(48-36(42)33(29(4)5)40-38(44)46-27-9-2)35(31)49-37(43)34(30(6)7)41-39(45)47-28-10-3/h9-10,23,25-26,29-30,33-34H,2-3,8,11-22,24,27-28H2,1,4-7H3,(H,40,44)(H,41,45)/t33-,34-/m0/s1. The predicted octanol–water partition coefficient (Wildman–Crippen LogP) is 9.00. The lowest BCUT2D eigenvalue weighted by Crippen LogP contribution is -2.47. The highest BCUT2D eigenvalue weighted by molar-refractivity contribution is 5.86. The maximum absolute atomic E-state index is 13.5. The molecule has 1 aromatic carbocycles. The molecule has 0 radical (unpaired) electrons. The van der Waals surface area contributed by atoms with Crippen molar-refractivity contribution in [2.45, 2.75) is 137 Å². The van der Waals surface area contributed by atoms with Gasteiger partial charge < -0.3 is 29.6 Å². The molecule has 10 heteroatoms. The molecule has 0 aliphatic heterocycles. The summed E-state index contributed by atoms with van der Waals surface area (Å²) in [6.45, 7) is 16.3. The van der Waals surface area contributed by atoms with Crippen LogP contribution in [0.15, 0.2) is 43.5 Å². The Kier molecular flexibility index (Phi) is 23.0. The second-order valence-corrected chi connectivity index (χ2v) is 13.1.